The molecule has 2 N–H and O–H groups in total. The molecule has 0 aliphatic rings. The summed E-state index contributed by atoms with van der Waals surface area (Å²) in [5.74, 6) is -1.21. The maximum Gasteiger partial charge on any atom is 0.405 e. The fourth-order valence-electron chi connectivity index (χ4n) is 1.54. The van der Waals surface area contributed by atoms with Crippen LogP contribution in [0.1, 0.15) is 20.8 Å². The molecule has 112 valence electrons. The number of hydrogen-bond donors (Lipinski definition) is 2. The highest BCUT2D eigenvalue weighted by atomic mass is 19.4. The van der Waals surface area contributed by atoms with E-state index in [1.54, 1.807) is 19.2 Å². The van der Waals surface area contributed by atoms with Crippen LogP contribution in [-0.4, -0.2) is 55.1 Å². The summed E-state index contributed by atoms with van der Waals surface area (Å²) in [7, 11) is 1.37. The first-order valence-corrected chi connectivity index (χ1v) is 5.83. The van der Waals surface area contributed by atoms with Crippen molar-refractivity contribution >= 4 is 11.8 Å². The van der Waals surface area contributed by atoms with E-state index in [-0.39, 0.29) is 5.91 Å². The largest absolute Gasteiger partial charge is 0.405 e. The van der Waals surface area contributed by atoms with E-state index in [0.29, 0.717) is 6.54 Å². The lowest BCUT2D eigenvalue weighted by molar-refractivity contribution is -0.143. The van der Waals surface area contributed by atoms with Crippen LogP contribution < -0.4 is 10.6 Å². The zero-order valence-corrected chi connectivity index (χ0v) is 11.5. The third-order valence-corrected chi connectivity index (χ3v) is 2.37. The van der Waals surface area contributed by atoms with Gasteiger partial charge in [0.05, 0.1) is 12.1 Å². The number of hydrogen-bond acceptors (Lipinski definition) is 3. The van der Waals surface area contributed by atoms with E-state index in [0.717, 1.165) is 4.90 Å². The zero-order valence-electron chi connectivity index (χ0n) is 11.5. The van der Waals surface area contributed by atoms with E-state index in [9.17, 15) is 22.8 Å². The summed E-state index contributed by atoms with van der Waals surface area (Å²) in [4.78, 5) is 24.3. The molecule has 0 atom stereocenters. The molecule has 0 unspecified atom stereocenters. The van der Waals surface area contributed by atoms with Gasteiger partial charge in [0.15, 0.2) is 0 Å². The van der Waals surface area contributed by atoms with Crippen molar-refractivity contribution in [2.75, 3.05) is 26.7 Å². The average Bonchev–Trinajstić information content (AvgIpc) is 2.24. The highest BCUT2D eigenvalue weighted by Crippen LogP contribution is 2.12. The van der Waals surface area contributed by atoms with Gasteiger partial charge >= 0.3 is 6.18 Å². The average molecular weight is 283 g/mol. The summed E-state index contributed by atoms with van der Waals surface area (Å²) >= 11 is 0. The summed E-state index contributed by atoms with van der Waals surface area (Å²) < 4.78 is 35.7. The van der Waals surface area contributed by atoms with Crippen LogP contribution in [0.4, 0.5) is 13.2 Å². The number of halogens is 3. The Morgan fingerprint density at radius 3 is 2.16 bits per heavy atom. The Bertz CT molecular complexity index is 330. The minimum Gasteiger partial charge on any atom is -0.345 e. The molecule has 8 heteroatoms. The molecule has 0 bridgehead atoms. The summed E-state index contributed by atoms with van der Waals surface area (Å²) in [5.41, 5.74) is -0.867. The number of carbonyl (C=O) groups excluding carboxylic acids is 2. The van der Waals surface area contributed by atoms with Crippen LogP contribution in [0.25, 0.3) is 0 Å². The number of alkyl halides is 3. The van der Waals surface area contributed by atoms with E-state index >= 15 is 0 Å². The van der Waals surface area contributed by atoms with Gasteiger partial charge in [-0.2, -0.15) is 13.2 Å². The summed E-state index contributed by atoms with van der Waals surface area (Å²) in [5, 5.41) is 4.64. The van der Waals surface area contributed by atoms with Gasteiger partial charge in [0.2, 0.25) is 11.8 Å². The van der Waals surface area contributed by atoms with E-state index in [2.05, 4.69) is 5.32 Å². The summed E-state index contributed by atoms with van der Waals surface area (Å²) in [6.45, 7) is 3.86. The van der Waals surface area contributed by atoms with E-state index in [1.807, 2.05) is 6.92 Å². The first-order valence-electron chi connectivity index (χ1n) is 5.83. The van der Waals surface area contributed by atoms with Crippen LogP contribution in [0.2, 0.25) is 0 Å². The molecule has 0 aliphatic carbocycles. The fraction of sp³-hybridized carbons (Fsp3) is 0.818. The second-order valence-corrected chi connectivity index (χ2v) is 4.71. The number of carbonyl (C=O) groups is 2. The summed E-state index contributed by atoms with van der Waals surface area (Å²) in [6, 6.07) is 0. The van der Waals surface area contributed by atoms with Gasteiger partial charge in [-0.3, -0.25) is 9.59 Å². The third-order valence-electron chi connectivity index (χ3n) is 2.37. The number of amides is 2. The van der Waals surface area contributed by atoms with E-state index < -0.39 is 30.7 Å². The molecule has 0 heterocycles. The van der Waals surface area contributed by atoms with Crippen LogP contribution in [0.3, 0.4) is 0 Å². The predicted octanol–water partition coefficient (Wildman–Crippen LogP) is 0.511. The van der Waals surface area contributed by atoms with Gasteiger partial charge in [-0.1, -0.05) is 6.92 Å². The normalized spacial score (nSPS) is 12.2. The highest BCUT2D eigenvalue weighted by molar-refractivity contribution is 5.89. The van der Waals surface area contributed by atoms with Gasteiger partial charge in [-0.25, -0.2) is 0 Å². The molecule has 0 radical (unpaired) electrons. The Morgan fingerprint density at radius 2 is 1.74 bits per heavy atom. The molecule has 19 heavy (non-hydrogen) atoms. The fourth-order valence-corrected chi connectivity index (χ4v) is 1.54. The molecule has 0 aromatic carbocycles. The van der Waals surface area contributed by atoms with Crippen LogP contribution in [0, 0.1) is 0 Å². The monoisotopic (exact) mass is 283 g/mol. The van der Waals surface area contributed by atoms with Crippen molar-refractivity contribution in [1.82, 2.24) is 15.5 Å². The Balaban J connectivity index is 4.33. The van der Waals surface area contributed by atoms with Crippen molar-refractivity contribution in [3.8, 4) is 0 Å². The van der Waals surface area contributed by atoms with Crippen molar-refractivity contribution in [3.05, 3.63) is 0 Å². The molecule has 0 aromatic heterocycles. The zero-order chi connectivity index (χ0) is 15.3. The lowest BCUT2D eigenvalue weighted by Crippen LogP contribution is -2.54. The molecule has 0 rings (SSSR count). The van der Waals surface area contributed by atoms with Crippen molar-refractivity contribution in [2.24, 2.45) is 0 Å². The lowest BCUT2D eigenvalue weighted by Gasteiger charge is -2.29. The molecule has 0 fully saturated rings. The maximum atomic E-state index is 12.0. The highest BCUT2D eigenvalue weighted by Gasteiger charge is 2.31. The smallest absolute Gasteiger partial charge is 0.345 e. The van der Waals surface area contributed by atoms with Gasteiger partial charge in [0, 0.05) is 7.05 Å². The Hall–Kier alpha value is -1.31. The molecule has 2 amide bonds. The van der Waals surface area contributed by atoms with Crippen LogP contribution >= 0.6 is 0 Å². The SMILES string of the molecule is CCNC(C)(C)C(=O)N(C)CC(=O)NCC(F)(F)F. The second-order valence-electron chi connectivity index (χ2n) is 4.71. The minimum atomic E-state index is -4.46. The van der Waals surface area contributed by atoms with E-state index in [1.165, 1.54) is 7.05 Å². The first kappa shape index (κ1) is 17.7. The molecule has 0 aromatic rings. The maximum absolute atomic E-state index is 12.0. The van der Waals surface area contributed by atoms with Crippen LogP contribution in [0.15, 0.2) is 0 Å². The quantitative estimate of drug-likeness (QED) is 0.747. The van der Waals surface area contributed by atoms with Crippen LogP contribution in [-0.2, 0) is 9.59 Å². The molecule has 0 saturated heterocycles. The number of nitrogens with zero attached hydrogens (tertiary/aromatic N) is 1. The van der Waals surface area contributed by atoms with Crippen molar-refractivity contribution < 1.29 is 22.8 Å². The predicted molar refractivity (Wildman–Crippen MR) is 64.5 cm³/mol. The van der Waals surface area contributed by atoms with Crippen molar-refractivity contribution in [2.45, 2.75) is 32.5 Å². The third kappa shape index (κ3) is 7.00. The van der Waals surface area contributed by atoms with Crippen LogP contribution in [0.5, 0.6) is 0 Å². The van der Waals surface area contributed by atoms with Gasteiger partial charge in [0.25, 0.3) is 0 Å². The minimum absolute atomic E-state index is 0.364. The van der Waals surface area contributed by atoms with Gasteiger partial charge in [0.1, 0.15) is 6.54 Å². The van der Waals surface area contributed by atoms with Gasteiger partial charge < -0.3 is 15.5 Å². The lowest BCUT2D eigenvalue weighted by atomic mass is 10.0. The number of likely N-dealkylation sites (N-methyl/N-ethyl adjacent to an activating group) is 2. The molecule has 5 nitrogen and oxygen atoms in total. The molecular weight excluding hydrogens is 263 g/mol. The Morgan fingerprint density at radius 1 is 1.21 bits per heavy atom. The van der Waals surface area contributed by atoms with Gasteiger partial charge in [-0.15, -0.1) is 0 Å². The van der Waals surface area contributed by atoms with Crippen molar-refractivity contribution in [3.63, 3.8) is 0 Å². The Labute approximate surface area is 110 Å². The van der Waals surface area contributed by atoms with Gasteiger partial charge in [-0.05, 0) is 20.4 Å². The summed E-state index contributed by atoms with van der Waals surface area (Å²) in [6.07, 6.45) is -4.46. The molecule has 0 saturated carbocycles. The topological polar surface area (TPSA) is 61.4 Å². The molecule has 0 aliphatic heterocycles. The molecule has 0 spiro atoms. The Kier molecular flexibility index (Phi) is 6.28. The number of rotatable bonds is 6. The number of nitrogens with one attached hydrogen (secondary N) is 2. The second kappa shape index (κ2) is 6.74. The standard InChI is InChI=1S/C11H20F3N3O2/c1-5-16-10(2,3)9(19)17(4)6-8(18)15-7-11(12,13)14/h16H,5-7H2,1-4H3,(H,15,18). The van der Waals surface area contributed by atoms with E-state index in [4.69, 9.17) is 0 Å². The first-order chi connectivity index (χ1) is 8.49. The molecular formula is C11H20F3N3O2. The van der Waals surface area contributed by atoms with Crippen molar-refractivity contribution in [1.29, 1.82) is 0 Å².